The average molecular weight is 498 g/mol. The summed E-state index contributed by atoms with van der Waals surface area (Å²) in [5.41, 5.74) is 5.63. The molecule has 10 nitrogen and oxygen atoms in total. The van der Waals surface area contributed by atoms with E-state index in [1.54, 1.807) is 10.8 Å². The molecule has 0 aliphatic carbocycles. The zero-order valence-electron chi connectivity index (χ0n) is 21.6. The van der Waals surface area contributed by atoms with E-state index in [2.05, 4.69) is 51.5 Å². The minimum absolute atomic E-state index is 0.0800. The Balaban J connectivity index is 1.52. The second-order valence-corrected chi connectivity index (χ2v) is 9.52. The SMILES string of the molecule is CCCCc1cn(-c2c(C)cnn2C(C)C)c(=O)n1Cc1cc(-c2cccc(-c3nnn[nH]3)c2)ccn1. The zero-order chi connectivity index (χ0) is 25.9. The van der Waals surface area contributed by atoms with Crippen LogP contribution in [0.5, 0.6) is 0 Å². The van der Waals surface area contributed by atoms with Gasteiger partial charge in [-0.05, 0) is 73.4 Å². The lowest BCUT2D eigenvalue weighted by atomic mass is 10.0. The van der Waals surface area contributed by atoms with Gasteiger partial charge in [-0.3, -0.25) is 14.1 Å². The van der Waals surface area contributed by atoms with Crippen molar-refractivity contribution in [3.63, 3.8) is 0 Å². The summed E-state index contributed by atoms with van der Waals surface area (Å²) in [6.07, 6.45) is 8.45. The molecule has 0 unspecified atom stereocenters. The Labute approximate surface area is 215 Å². The Morgan fingerprint density at radius 3 is 2.65 bits per heavy atom. The predicted octanol–water partition coefficient (Wildman–Crippen LogP) is 4.36. The monoisotopic (exact) mass is 497 g/mol. The number of hydrogen-bond acceptors (Lipinski definition) is 6. The minimum atomic E-state index is -0.0800. The van der Waals surface area contributed by atoms with Crippen LogP contribution in [0.4, 0.5) is 0 Å². The van der Waals surface area contributed by atoms with Crippen LogP contribution in [0.15, 0.2) is 59.8 Å². The lowest BCUT2D eigenvalue weighted by Crippen LogP contribution is -2.27. The third-order valence-electron chi connectivity index (χ3n) is 6.46. The van der Waals surface area contributed by atoms with E-state index in [0.717, 1.165) is 58.7 Å². The number of nitrogens with zero attached hydrogens (tertiary/aromatic N) is 8. The van der Waals surface area contributed by atoms with Crippen molar-refractivity contribution in [2.75, 3.05) is 0 Å². The molecule has 1 aromatic carbocycles. The van der Waals surface area contributed by atoms with Crippen molar-refractivity contribution in [1.29, 1.82) is 0 Å². The number of tetrazole rings is 1. The summed E-state index contributed by atoms with van der Waals surface area (Å²) in [7, 11) is 0. The number of benzene rings is 1. The molecular weight excluding hydrogens is 466 g/mol. The van der Waals surface area contributed by atoms with Crippen molar-refractivity contribution in [2.24, 2.45) is 0 Å². The van der Waals surface area contributed by atoms with Gasteiger partial charge < -0.3 is 0 Å². The van der Waals surface area contributed by atoms with Crippen molar-refractivity contribution in [3.05, 3.63) is 82.4 Å². The summed E-state index contributed by atoms with van der Waals surface area (Å²) in [6, 6.07) is 12.2. The van der Waals surface area contributed by atoms with Crippen molar-refractivity contribution in [2.45, 2.75) is 59.5 Å². The van der Waals surface area contributed by atoms with Crippen LogP contribution in [0, 0.1) is 6.92 Å². The highest BCUT2D eigenvalue weighted by Gasteiger charge is 2.19. The van der Waals surface area contributed by atoms with E-state index in [1.807, 2.05) is 65.0 Å². The van der Waals surface area contributed by atoms with Gasteiger partial charge in [-0.15, -0.1) is 5.10 Å². The molecule has 0 atom stereocenters. The van der Waals surface area contributed by atoms with Crippen LogP contribution in [0.25, 0.3) is 28.3 Å². The Kier molecular flexibility index (Phi) is 6.80. The van der Waals surface area contributed by atoms with E-state index in [1.165, 1.54) is 0 Å². The van der Waals surface area contributed by atoms with E-state index >= 15 is 0 Å². The van der Waals surface area contributed by atoms with Crippen LogP contribution in [-0.2, 0) is 13.0 Å². The maximum Gasteiger partial charge on any atom is 0.334 e. The number of aromatic amines is 1. The molecule has 0 saturated heterocycles. The highest BCUT2D eigenvalue weighted by molar-refractivity contribution is 5.70. The smallest absolute Gasteiger partial charge is 0.290 e. The van der Waals surface area contributed by atoms with Crippen LogP contribution in [0.3, 0.4) is 0 Å². The average Bonchev–Trinajstić information content (AvgIpc) is 3.64. The third kappa shape index (κ3) is 4.87. The molecule has 0 saturated carbocycles. The summed E-state index contributed by atoms with van der Waals surface area (Å²) < 4.78 is 5.49. The Bertz CT molecular complexity index is 1560. The fourth-order valence-electron chi connectivity index (χ4n) is 4.56. The summed E-state index contributed by atoms with van der Waals surface area (Å²) in [4.78, 5) is 18.4. The molecule has 0 fully saturated rings. The fourth-order valence-corrected chi connectivity index (χ4v) is 4.56. The van der Waals surface area contributed by atoms with Gasteiger partial charge >= 0.3 is 5.69 Å². The normalized spacial score (nSPS) is 11.5. The number of aryl methyl sites for hydroxylation is 2. The first-order valence-electron chi connectivity index (χ1n) is 12.6. The number of H-pyrrole nitrogens is 1. The largest absolute Gasteiger partial charge is 0.334 e. The van der Waals surface area contributed by atoms with Crippen LogP contribution in [0.2, 0.25) is 0 Å². The lowest BCUT2D eigenvalue weighted by Gasteiger charge is -2.11. The van der Waals surface area contributed by atoms with E-state index in [9.17, 15) is 4.79 Å². The quantitative estimate of drug-likeness (QED) is 0.324. The number of aromatic nitrogens is 9. The van der Waals surface area contributed by atoms with Crippen molar-refractivity contribution in [1.82, 2.24) is 44.5 Å². The molecule has 10 heteroatoms. The van der Waals surface area contributed by atoms with Gasteiger partial charge in [0.15, 0.2) is 5.82 Å². The van der Waals surface area contributed by atoms with E-state index in [-0.39, 0.29) is 11.7 Å². The minimum Gasteiger partial charge on any atom is -0.290 e. The number of unbranched alkanes of at least 4 members (excludes halogenated alkanes) is 1. The summed E-state index contributed by atoms with van der Waals surface area (Å²) in [6.45, 7) is 8.67. The number of imidazole rings is 1. The van der Waals surface area contributed by atoms with Gasteiger partial charge in [-0.1, -0.05) is 31.5 Å². The van der Waals surface area contributed by atoms with E-state index in [4.69, 9.17) is 0 Å². The Morgan fingerprint density at radius 1 is 1.08 bits per heavy atom. The van der Waals surface area contributed by atoms with E-state index < -0.39 is 0 Å². The second kappa shape index (κ2) is 10.3. The predicted molar refractivity (Wildman–Crippen MR) is 141 cm³/mol. The highest BCUT2D eigenvalue weighted by atomic mass is 16.1. The first-order chi connectivity index (χ1) is 18.0. The second-order valence-electron chi connectivity index (χ2n) is 9.52. The van der Waals surface area contributed by atoms with Gasteiger partial charge in [0.05, 0.1) is 18.4 Å². The Hall–Kier alpha value is -4.34. The molecule has 5 aromatic rings. The van der Waals surface area contributed by atoms with Crippen LogP contribution in [-0.4, -0.2) is 44.5 Å². The molecule has 4 aromatic heterocycles. The molecule has 190 valence electrons. The van der Waals surface area contributed by atoms with Crippen molar-refractivity contribution in [3.8, 4) is 28.3 Å². The summed E-state index contributed by atoms with van der Waals surface area (Å²) >= 11 is 0. The molecule has 4 heterocycles. The van der Waals surface area contributed by atoms with Crippen molar-refractivity contribution >= 4 is 0 Å². The molecular formula is C27H31N9O. The van der Waals surface area contributed by atoms with Gasteiger partial charge in [0, 0.05) is 35.3 Å². The summed E-state index contributed by atoms with van der Waals surface area (Å²) in [5, 5.41) is 18.7. The third-order valence-corrected chi connectivity index (χ3v) is 6.46. The topological polar surface area (TPSA) is 112 Å². The number of hydrogen-bond donors (Lipinski definition) is 1. The first-order valence-corrected chi connectivity index (χ1v) is 12.6. The molecule has 0 radical (unpaired) electrons. The van der Waals surface area contributed by atoms with Gasteiger partial charge in [-0.25, -0.2) is 14.6 Å². The maximum atomic E-state index is 13.7. The molecule has 0 bridgehead atoms. The number of nitrogens with one attached hydrogen (secondary N) is 1. The van der Waals surface area contributed by atoms with Crippen LogP contribution in [0.1, 0.15) is 56.6 Å². The molecule has 0 aliphatic heterocycles. The number of pyridine rings is 1. The van der Waals surface area contributed by atoms with Gasteiger partial charge in [0.1, 0.15) is 5.82 Å². The van der Waals surface area contributed by atoms with Gasteiger partial charge in [0.25, 0.3) is 0 Å². The maximum absolute atomic E-state index is 13.7. The van der Waals surface area contributed by atoms with Gasteiger partial charge in [-0.2, -0.15) is 5.10 Å². The summed E-state index contributed by atoms with van der Waals surface area (Å²) in [5.74, 6) is 1.43. The molecule has 37 heavy (non-hydrogen) atoms. The Morgan fingerprint density at radius 2 is 1.89 bits per heavy atom. The standard InChI is InChI=1S/C27H31N9O/c1-5-6-10-24-17-35(26-19(4)15-29-36(26)18(2)3)27(37)34(24)16-23-14-21(11-12-28-23)20-8-7-9-22(13-20)25-30-32-33-31-25/h7-9,11-15,17-18H,5-6,10,16H2,1-4H3,(H,30,31,32,33). The van der Waals surface area contributed by atoms with E-state index in [0.29, 0.717) is 12.4 Å². The van der Waals surface area contributed by atoms with Crippen LogP contribution < -0.4 is 5.69 Å². The van der Waals surface area contributed by atoms with Crippen LogP contribution >= 0.6 is 0 Å². The van der Waals surface area contributed by atoms with Crippen molar-refractivity contribution < 1.29 is 0 Å². The highest BCUT2D eigenvalue weighted by Crippen LogP contribution is 2.25. The molecule has 5 rings (SSSR count). The molecule has 0 spiro atoms. The zero-order valence-corrected chi connectivity index (χ0v) is 21.6. The first kappa shape index (κ1) is 24.4. The van der Waals surface area contributed by atoms with Gasteiger partial charge in [0.2, 0.25) is 0 Å². The molecule has 0 aliphatic rings. The molecule has 1 N–H and O–H groups in total. The molecule has 0 amide bonds. The fraction of sp³-hybridized carbons (Fsp3) is 0.333. The lowest BCUT2D eigenvalue weighted by molar-refractivity contribution is 0.518. The number of rotatable bonds is 9.